The first-order valence-corrected chi connectivity index (χ1v) is 30.1. The summed E-state index contributed by atoms with van der Waals surface area (Å²) >= 11 is 6.91. The number of nitrogens with zero attached hydrogens (tertiary/aromatic N) is 2. The van der Waals surface area contributed by atoms with E-state index < -0.39 is 0 Å². The number of rotatable bonds is 28. The van der Waals surface area contributed by atoms with Gasteiger partial charge in [-0.05, 0) is 109 Å². The van der Waals surface area contributed by atoms with E-state index in [9.17, 15) is 9.59 Å². The van der Waals surface area contributed by atoms with E-state index in [1.807, 2.05) is 34.8 Å². The van der Waals surface area contributed by atoms with Gasteiger partial charge >= 0.3 is 0 Å². The summed E-state index contributed by atoms with van der Waals surface area (Å²) in [6, 6.07) is 31.7. The molecule has 0 aliphatic rings. The van der Waals surface area contributed by atoms with E-state index in [-0.39, 0.29) is 11.6 Å². The Balaban J connectivity index is 1.25. The minimum atomic E-state index is 0.116. The van der Waals surface area contributed by atoms with Gasteiger partial charge < -0.3 is 9.13 Å². The van der Waals surface area contributed by atoms with Crippen molar-refractivity contribution in [3.05, 3.63) is 105 Å². The minimum Gasteiger partial charge on any atom is -0.340 e. The third-order valence-electron chi connectivity index (χ3n) is 14.6. The van der Waals surface area contributed by atoms with Crippen molar-refractivity contribution in [3.63, 3.8) is 0 Å². The molecule has 6 aromatic heterocycles. The molecule has 3 aromatic carbocycles. The molecule has 9 rings (SSSR count). The second kappa shape index (κ2) is 24.2. The Kier molecular flexibility index (Phi) is 17.4. The second-order valence-electron chi connectivity index (χ2n) is 19.7. The molecule has 6 heterocycles. The van der Waals surface area contributed by atoms with Crippen LogP contribution in [0.4, 0.5) is 0 Å². The van der Waals surface area contributed by atoms with Crippen LogP contribution in [-0.2, 0) is 13.1 Å². The summed E-state index contributed by atoms with van der Waals surface area (Å²) in [4.78, 5) is 31.6. The Morgan fingerprint density at radius 1 is 0.429 bits per heavy atom. The van der Waals surface area contributed by atoms with Gasteiger partial charge in [-0.15, -0.1) is 45.3 Å². The van der Waals surface area contributed by atoms with E-state index in [1.165, 1.54) is 180 Å². The van der Waals surface area contributed by atoms with E-state index in [1.54, 1.807) is 36.5 Å². The predicted molar refractivity (Wildman–Crippen MR) is 309 cm³/mol. The second-order valence-corrected chi connectivity index (χ2v) is 23.8. The van der Waals surface area contributed by atoms with Gasteiger partial charge in [-0.25, -0.2) is 0 Å². The lowest BCUT2D eigenvalue weighted by Crippen LogP contribution is -2.02. The summed E-state index contributed by atoms with van der Waals surface area (Å²) in [6.45, 7) is 9.84. The van der Waals surface area contributed by atoms with Gasteiger partial charge in [0.15, 0.2) is 11.6 Å². The molecule has 0 unspecified atom stereocenters. The number of carbonyl (C=O) groups is 2. The summed E-state index contributed by atoms with van der Waals surface area (Å²) in [5.74, 6) is 0.232. The average molecular weight is 1010 g/mol. The first kappa shape index (κ1) is 50.3. The summed E-state index contributed by atoms with van der Waals surface area (Å²) in [7, 11) is 0. The summed E-state index contributed by atoms with van der Waals surface area (Å²) in [6.07, 6.45) is 26.1. The normalized spacial score (nSPS) is 11.9. The lowest BCUT2D eigenvalue weighted by atomic mass is 9.94. The first-order chi connectivity index (χ1) is 34.4. The standard InChI is InChI=1S/C62H72N2O2S4/c1-5-7-9-11-13-15-17-19-21-23-37-63-49-31-29-45(53-35-33-51(69-53)43(3)65)41-47(49)57-60(56-28-26-40-68-56)62-58(59(61(57)63)55-27-25-39-67-55)48-42-46(54-36-34-52(70-54)44(4)66)30-32-50(48)64(62)38-24-22-20-18-16-14-12-10-8-6-2/h25-36,39-42H,5-24,37-38H2,1-4H3. The van der Waals surface area contributed by atoms with Crippen LogP contribution in [0.5, 0.6) is 0 Å². The maximum absolute atomic E-state index is 12.6. The fourth-order valence-electron chi connectivity index (χ4n) is 10.9. The van der Waals surface area contributed by atoms with E-state index in [4.69, 9.17) is 0 Å². The third-order valence-corrected chi connectivity index (χ3v) is 18.8. The molecule has 0 bridgehead atoms. The van der Waals surface area contributed by atoms with Crippen molar-refractivity contribution < 1.29 is 9.59 Å². The SMILES string of the molecule is CCCCCCCCCCCCn1c2ccc(-c3ccc(C(C)=O)s3)cc2c2c(-c3cccs3)c3c(c(-c4cccs4)c21)c1cc(-c2ccc(C(C)=O)s2)ccc1n3CCCCCCCCCCCC. The Labute approximate surface area is 432 Å². The highest BCUT2D eigenvalue weighted by Crippen LogP contribution is 2.53. The molecule has 70 heavy (non-hydrogen) atoms. The molecule has 0 aliphatic heterocycles. The molecule has 0 spiro atoms. The number of aromatic nitrogens is 2. The topological polar surface area (TPSA) is 44.0 Å². The highest BCUT2D eigenvalue weighted by atomic mass is 32.1. The van der Waals surface area contributed by atoms with Crippen LogP contribution in [0.3, 0.4) is 0 Å². The molecule has 0 aliphatic carbocycles. The van der Waals surface area contributed by atoms with Crippen molar-refractivity contribution in [2.45, 2.75) is 169 Å². The minimum absolute atomic E-state index is 0.116. The number of Topliss-reactive ketones (excluding diaryl/α,β-unsaturated/α-hetero) is 2. The van der Waals surface area contributed by atoms with Crippen LogP contribution in [0.25, 0.3) is 85.4 Å². The Morgan fingerprint density at radius 3 is 1.13 bits per heavy atom. The average Bonchev–Trinajstić information content (AvgIpc) is 4.24. The molecule has 0 atom stereocenters. The Hall–Kier alpha value is -4.60. The summed E-state index contributed by atoms with van der Waals surface area (Å²) in [5, 5.41) is 9.74. The van der Waals surface area contributed by atoms with Crippen LogP contribution in [0.15, 0.2) is 95.7 Å². The quantitative estimate of drug-likeness (QED) is 0.0362. The molecular weight excluding hydrogens is 933 g/mol. The lowest BCUT2D eigenvalue weighted by Gasteiger charge is -2.17. The van der Waals surface area contributed by atoms with Gasteiger partial charge in [0, 0.05) is 76.3 Å². The van der Waals surface area contributed by atoms with Crippen molar-refractivity contribution in [1.29, 1.82) is 0 Å². The molecule has 4 nitrogen and oxygen atoms in total. The van der Waals surface area contributed by atoms with Crippen LogP contribution in [-0.4, -0.2) is 20.7 Å². The van der Waals surface area contributed by atoms with Crippen molar-refractivity contribution >= 4 is 101 Å². The van der Waals surface area contributed by atoms with Crippen molar-refractivity contribution in [3.8, 4) is 41.8 Å². The zero-order valence-corrected chi connectivity index (χ0v) is 45.4. The van der Waals surface area contributed by atoms with Crippen LogP contribution in [0.2, 0.25) is 0 Å². The number of ketones is 2. The van der Waals surface area contributed by atoms with Crippen LogP contribution in [0.1, 0.15) is 175 Å². The molecule has 0 saturated heterocycles. The van der Waals surface area contributed by atoms with Crippen LogP contribution < -0.4 is 0 Å². The highest BCUT2D eigenvalue weighted by molar-refractivity contribution is 7.17. The van der Waals surface area contributed by atoms with Gasteiger partial charge in [0.25, 0.3) is 0 Å². The van der Waals surface area contributed by atoms with Gasteiger partial charge in [-0.1, -0.05) is 154 Å². The summed E-state index contributed by atoms with van der Waals surface area (Å²) in [5.41, 5.74) is 10.2. The maximum atomic E-state index is 12.6. The zero-order chi connectivity index (χ0) is 48.4. The van der Waals surface area contributed by atoms with Crippen LogP contribution in [0, 0.1) is 0 Å². The van der Waals surface area contributed by atoms with Crippen molar-refractivity contribution in [1.82, 2.24) is 9.13 Å². The number of unbranched alkanes of at least 4 members (excludes halogenated alkanes) is 18. The van der Waals surface area contributed by atoms with E-state index in [0.717, 1.165) is 56.6 Å². The first-order valence-electron chi connectivity index (χ1n) is 26.8. The third kappa shape index (κ3) is 11.1. The fourth-order valence-corrected chi connectivity index (χ4v) is 14.3. The number of aryl methyl sites for hydroxylation is 2. The molecule has 0 saturated carbocycles. The smallest absolute Gasteiger partial charge is 0.169 e. The molecule has 366 valence electrons. The Bertz CT molecular complexity index is 2940. The zero-order valence-electron chi connectivity index (χ0n) is 42.1. The molecule has 8 heteroatoms. The number of fused-ring (bicyclic) bond motifs is 6. The van der Waals surface area contributed by atoms with Gasteiger partial charge in [0.05, 0.1) is 20.8 Å². The number of thiophene rings is 4. The molecule has 9 aromatic rings. The number of hydrogen-bond donors (Lipinski definition) is 0. The monoisotopic (exact) mass is 1000 g/mol. The molecule has 0 amide bonds. The summed E-state index contributed by atoms with van der Waals surface area (Å²) < 4.78 is 5.40. The van der Waals surface area contributed by atoms with Gasteiger partial charge in [0.1, 0.15) is 0 Å². The van der Waals surface area contributed by atoms with E-state index in [2.05, 4.69) is 107 Å². The van der Waals surface area contributed by atoms with Gasteiger partial charge in [-0.3, -0.25) is 9.59 Å². The van der Waals surface area contributed by atoms with Gasteiger partial charge in [-0.2, -0.15) is 0 Å². The Morgan fingerprint density at radius 2 is 0.800 bits per heavy atom. The van der Waals surface area contributed by atoms with Crippen LogP contribution >= 0.6 is 45.3 Å². The number of hydrogen-bond acceptors (Lipinski definition) is 6. The van der Waals surface area contributed by atoms with Crippen molar-refractivity contribution in [2.75, 3.05) is 0 Å². The van der Waals surface area contributed by atoms with E-state index in [0.29, 0.717) is 0 Å². The highest BCUT2D eigenvalue weighted by Gasteiger charge is 2.29. The van der Waals surface area contributed by atoms with Gasteiger partial charge in [0.2, 0.25) is 0 Å². The van der Waals surface area contributed by atoms with Crippen molar-refractivity contribution in [2.24, 2.45) is 0 Å². The number of benzene rings is 3. The lowest BCUT2D eigenvalue weighted by molar-refractivity contribution is 0.101. The molecule has 0 radical (unpaired) electrons. The molecule has 0 fully saturated rings. The maximum Gasteiger partial charge on any atom is 0.169 e. The predicted octanol–water partition coefficient (Wildman–Crippen LogP) is 21.1. The largest absolute Gasteiger partial charge is 0.340 e. The fraction of sp³-hybridized carbons (Fsp3) is 0.419. The van der Waals surface area contributed by atoms with E-state index >= 15 is 0 Å². The molecular formula is C62H72N2O2S4. The number of carbonyl (C=O) groups excluding carboxylic acids is 2. The molecule has 0 N–H and O–H groups in total.